The summed E-state index contributed by atoms with van der Waals surface area (Å²) in [6.45, 7) is 5.44. The molecule has 0 bridgehead atoms. The highest BCUT2D eigenvalue weighted by atomic mass is 16.2. The van der Waals surface area contributed by atoms with Crippen LogP contribution in [0.15, 0.2) is 36.5 Å². The summed E-state index contributed by atoms with van der Waals surface area (Å²) >= 11 is 0. The van der Waals surface area contributed by atoms with E-state index in [1.54, 1.807) is 12.3 Å². The molecule has 6 nitrogen and oxygen atoms in total. The van der Waals surface area contributed by atoms with Gasteiger partial charge in [-0.3, -0.25) is 4.79 Å². The molecule has 134 valence electrons. The lowest BCUT2D eigenvalue weighted by atomic mass is 9.89. The van der Waals surface area contributed by atoms with Crippen LogP contribution < -0.4 is 5.32 Å². The zero-order valence-electron chi connectivity index (χ0n) is 15.1. The Hall–Kier alpha value is -2.94. The lowest BCUT2D eigenvalue weighted by molar-refractivity contribution is 0.0713. The number of carbonyl (C=O) groups excluding carboxylic acids is 1. The summed E-state index contributed by atoms with van der Waals surface area (Å²) in [7, 11) is 0. The first kappa shape index (κ1) is 17.9. The Morgan fingerprint density at radius 1 is 1.23 bits per heavy atom. The number of amides is 1. The van der Waals surface area contributed by atoms with E-state index in [1.165, 1.54) is 5.56 Å². The molecule has 3 rings (SSSR count). The number of benzene rings is 1. The molecule has 2 aromatic rings. The van der Waals surface area contributed by atoms with Crippen molar-refractivity contribution in [3.63, 3.8) is 0 Å². The molecule has 0 saturated carbocycles. The standard InChI is InChI=1S/C20H23N5O/c1-14(2)23-19-18(7-10-22-24-19)20(26)25-11-8-17(9-12-25)16-5-3-15(13-21)4-6-16/h3-7,10,14,17H,8-9,11-12H2,1-2H3,(H,23,24). The van der Waals surface area contributed by atoms with E-state index in [-0.39, 0.29) is 11.9 Å². The maximum Gasteiger partial charge on any atom is 0.257 e. The van der Waals surface area contributed by atoms with Crippen LogP contribution in [0, 0.1) is 11.3 Å². The number of hydrogen-bond donors (Lipinski definition) is 1. The highest BCUT2D eigenvalue weighted by molar-refractivity contribution is 5.98. The lowest BCUT2D eigenvalue weighted by Crippen LogP contribution is -2.38. The fraction of sp³-hybridized carbons (Fsp3) is 0.400. The van der Waals surface area contributed by atoms with Gasteiger partial charge in [0.15, 0.2) is 5.82 Å². The summed E-state index contributed by atoms with van der Waals surface area (Å²) in [5.74, 6) is 0.971. The van der Waals surface area contributed by atoms with Gasteiger partial charge >= 0.3 is 0 Å². The molecule has 0 spiro atoms. The Labute approximate surface area is 153 Å². The molecule has 0 unspecified atom stereocenters. The zero-order chi connectivity index (χ0) is 18.5. The summed E-state index contributed by atoms with van der Waals surface area (Å²) < 4.78 is 0. The van der Waals surface area contributed by atoms with Crippen LogP contribution in [-0.4, -0.2) is 40.1 Å². The van der Waals surface area contributed by atoms with Gasteiger partial charge in [0, 0.05) is 19.1 Å². The number of anilines is 1. The molecule has 1 amide bonds. The number of rotatable bonds is 4. The average Bonchev–Trinajstić information content (AvgIpc) is 2.68. The second-order valence-electron chi connectivity index (χ2n) is 6.89. The maximum absolute atomic E-state index is 12.9. The van der Waals surface area contributed by atoms with Crippen LogP contribution in [-0.2, 0) is 0 Å². The van der Waals surface area contributed by atoms with Crippen molar-refractivity contribution >= 4 is 11.7 Å². The van der Waals surface area contributed by atoms with Crippen molar-refractivity contribution in [2.75, 3.05) is 18.4 Å². The molecular formula is C20H23N5O. The van der Waals surface area contributed by atoms with Gasteiger partial charge < -0.3 is 10.2 Å². The number of nitrogens with zero attached hydrogens (tertiary/aromatic N) is 4. The predicted molar refractivity (Wildman–Crippen MR) is 99.8 cm³/mol. The SMILES string of the molecule is CC(C)Nc1nnccc1C(=O)N1CCC(c2ccc(C#N)cc2)CC1. The predicted octanol–water partition coefficient (Wildman–Crippen LogP) is 3.19. The van der Waals surface area contributed by atoms with Crippen LogP contribution in [0.3, 0.4) is 0 Å². The maximum atomic E-state index is 12.9. The Morgan fingerprint density at radius 2 is 1.92 bits per heavy atom. The van der Waals surface area contributed by atoms with Crippen molar-refractivity contribution in [3.8, 4) is 6.07 Å². The third-order valence-electron chi connectivity index (χ3n) is 4.67. The van der Waals surface area contributed by atoms with E-state index in [0.29, 0.717) is 36.0 Å². The van der Waals surface area contributed by atoms with Crippen LogP contribution in [0.4, 0.5) is 5.82 Å². The first-order valence-electron chi connectivity index (χ1n) is 8.96. The van der Waals surface area contributed by atoms with Crippen molar-refractivity contribution < 1.29 is 4.79 Å². The van der Waals surface area contributed by atoms with E-state index in [2.05, 4.69) is 21.6 Å². The minimum absolute atomic E-state index is 0.00123. The highest BCUT2D eigenvalue weighted by Gasteiger charge is 2.26. The minimum atomic E-state index is 0.00123. The Balaban J connectivity index is 1.66. The Kier molecular flexibility index (Phi) is 5.47. The van der Waals surface area contributed by atoms with Crippen LogP contribution in [0.25, 0.3) is 0 Å². The molecule has 0 atom stereocenters. The van der Waals surface area contributed by atoms with Crippen molar-refractivity contribution in [2.45, 2.75) is 38.6 Å². The quantitative estimate of drug-likeness (QED) is 0.917. The Bertz CT molecular complexity index is 802. The third kappa shape index (κ3) is 3.99. The van der Waals surface area contributed by atoms with Crippen LogP contribution in [0.1, 0.15) is 54.1 Å². The molecule has 1 N–H and O–H groups in total. The van der Waals surface area contributed by atoms with Crippen LogP contribution in [0.5, 0.6) is 0 Å². The van der Waals surface area contributed by atoms with Gasteiger partial charge in [-0.15, -0.1) is 5.10 Å². The van der Waals surface area contributed by atoms with Gasteiger partial charge in [-0.1, -0.05) is 12.1 Å². The molecule has 1 aliphatic heterocycles. The van der Waals surface area contributed by atoms with E-state index in [9.17, 15) is 4.79 Å². The molecule has 1 aromatic carbocycles. The lowest BCUT2D eigenvalue weighted by Gasteiger charge is -2.32. The first-order valence-corrected chi connectivity index (χ1v) is 8.96. The number of nitriles is 1. The molecule has 1 aliphatic rings. The van der Waals surface area contributed by atoms with Crippen molar-refractivity contribution in [2.24, 2.45) is 0 Å². The smallest absolute Gasteiger partial charge is 0.257 e. The van der Waals surface area contributed by atoms with Gasteiger partial charge in [0.1, 0.15) is 0 Å². The number of nitrogens with one attached hydrogen (secondary N) is 1. The average molecular weight is 349 g/mol. The van der Waals surface area contributed by atoms with E-state index >= 15 is 0 Å². The first-order chi connectivity index (χ1) is 12.6. The fourth-order valence-electron chi connectivity index (χ4n) is 3.30. The number of likely N-dealkylation sites (tertiary alicyclic amines) is 1. The van der Waals surface area contributed by atoms with E-state index < -0.39 is 0 Å². The molecule has 1 saturated heterocycles. The second-order valence-corrected chi connectivity index (χ2v) is 6.89. The summed E-state index contributed by atoms with van der Waals surface area (Å²) in [6, 6.07) is 11.8. The summed E-state index contributed by atoms with van der Waals surface area (Å²) in [5.41, 5.74) is 2.49. The molecule has 0 radical (unpaired) electrons. The fourth-order valence-corrected chi connectivity index (χ4v) is 3.30. The number of hydrogen-bond acceptors (Lipinski definition) is 5. The normalized spacial score (nSPS) is 14.9. The molecule has 2 heterocycles. The molecule has 1 aromatic heterocycles. The van der Waals surface area contributed by atoms with Gasteiger partial charge in [0.25, 0.3) is 5.91 Å². The van der Waals surface area contributed by atoms with Crippen LogP contribution in [0.2, 0.25) is 0 Å². The van der Waals surface area contributed by atoms with Gasteiger partial charge in [0.2, 0.25) is 0 Å². The van der Waals surface area contributed by atoms with E-state index in [0.717, 1.165) is 12.8 Å². The Morgan fingerprint density at radius 3 is 2.54 bits per heavy atom. The van der Waals surface area contributed by atoms with Gasteiger partial charge in [0.05, 0.1) is 23.4 Å². The zero-order valence-corrected chi connectivity index (χ0v) is 15.1. The summed E-state index contributed by atoms with van der Waals surface area (Å²) in [6.07, 6.45) is 3.40. The number of aromatic nitrogens is 2. The largest absolute Gasteiger partial charge is 0.366 e. The summed E-state index contributed by atoms with van der Waals surface area (Å²) in [4.78, 5) is 14.8. The molecule has 26 heavy (non-hydrogen) atoms. The number of piperidine rings is 1. The highest BCUT2D eigenvalue weighted by Crippen LogP contribution is 2.29. The van der Waals surface area contributed by atoms with Gasteiger partial charge in [-0.2, -0.15) is 10.4 Å². The van der Waals surface area contributed by atoms with Crippen LogP contribution >= 0.6 is 0 Å². The van der Waals surface area contributed by atoms with Gasteiger partial charge in [-0.05, 0) is 56.4 Å². The van der Waals surface area contributed by atoms with E-state index in [4.69, 9.17) is 5.26 Å². The molecular weight excluding hydrogens is 326 g/mol. The van der Waals surface area contributed by atoms with Crippen molar-refractivity contribution in [3.05, 3.63) is 53.2 Å². The summed E-state index contributed by atoms with van der Waals surface area (Å²) in [5, 5.41) is 20.1. The topological polar surface area (TPSA) is 81.9 Å². The second kappa shape index (κ2) is 7.96. The number of carbonyl (C=O) groups is 1. The van der Waals surface area contributed by atoms with Crippen molar-refractivity contribution in [1.29, 1.82) is 5.26 Å². The molecule has 0 aliphatic carbocycles. The minimum Gasteiger partial charge on any atom is -0.366 e. The van der Waals surface area contributed by atoms with E-state index in [1.807, 2.05) is 43.0 Å². The third-order valence-corrected chi connectivity index (χ3v) is 4.67. The molecule has 6 heteroatoms. The van der Waals surface area contributed by atoms with Gasteiger partial charge in [-0.25, -0.2) is 0 Å². The van der Waals surface area contributed by atoms with Crippen molar-refractivity contribution in [1.82, 2.24) is 15.1 Å². The monoisotopic (exact) mass is 349 g/mol. The molecule has 1 fully saturated rings.